The number of aliphatic hydroxyl groups is 1. The Hall–Kier alpha value is -3.48. The number of carbonyl (C=O) groups excluding carboxylic acids is 1. The maximum absolute atomic E-state index is 13.9. The van der Waals surface area contributed by atoms with Crippen molar-refractivity contribution >= 4 is 28.6 Å². The zero-order valence-electron chi connectivity index (χ0n) is 16.7. The molecular formula is C19H18F5N5O3. The van der Waals surface area contributed by atoms with Crippen molar-refractivity contribution in [1.82, 2.24) is 15.3 Å². The molecule has 0 fully saturated rings. The number of halogens is 5. The summed E-state index contributed by atoms with van der Waals surface area (Å²) in [4.78, 5) is 19.9. The number of alkyl halides is 3. The van der Waals surface area contributed by atoms with E-state index in [4.69, 9.17) is 9.52 Å². The van der Waals surface area contributed by atoms with E-state index >= 15 is 0 Å². The number of aryl methyl sites for hydroxylation is 1. The lowest BCUT2D eigenvalue weighted by Gasteiger charge is -2.20. The lowest BCUT2D eigenvalue weighted by Crippen LogP contribution is -2.40. The first-order valence-corrected chi connectivity index (χ1v) is 9.21. The van der Waals surface area contributed by atoms with Gasteiger partial charge in [0.05, 0.1) is 24.7 Å². The minimum Gasteiger partial charge on any atom is -0.455 e. The molecule has 1 aromatic carbocycles. The molecule has 0 saturated carbocycles. The molecule has 2 amide bonds. The Balaban J connectivity index is 1.81. The van der Waals surface area contributed by atoms with Gasteiger partial charge >= 0.3 is 12.2 Å². The summed E-state index contributed by atoms with van der Waals surface area (Å²) in [6.07, 6.45) is -2.71. The van der Waals surface area contributed by atoms with Gasteiger partial charge in [-0.25, -0.2) is 23.5 Å². The largest absolute Gasteiger partial charge is 0.455 e. The van der Waals surface area contributed by atoms with Gasteiger partial charge in [0.25, 0.3) is 0 Å². The minimum absolute atomic E-state index is 0.0138. The molecule has 0 aliphatic heterocycles. The molecule has 32 heavy (non-hydrogen) atoms. The predicted octanol–water partition coefficient (Wildman–Crippen LogP) is 4.03. The van der Waals surface area contributed by atoms with Crippen molar-refractivity contribution in [2.45, 2.75) is 32.1 Å². The van der Waals surface area contributed by atoms with Crippen molar-refractivity contribution in [3.05, 3.63) is 47.5 Å². The van der Waals surface area contributed by atoms with Crippen LogP contribution in [0.2, 0.25) is 0 Å². The Morgan fingerprint density at radius 3 is 2.47 bits per heavy atom. The van der Waals surface area contributed by atoms with E-state index in [0.29, 0.717) is 6.07 Å². The van der Waals surface area contributed by atoms with Crippen LogP contribution in [-0.4, -0.2) is 39.9 Å². The number of fused-ring (bicyclic) bond motifs is 1. The van der Waals surface area contributed by atoms with Crippen molar-refractivity contribution in [3.8, 4) is 0 Å². The van der Waals surface area contributed by atoms with Gasteiger partial charge in [-0.2, -0.15) is 13.2 Å². The lowest BCUT2D eigenvalue weighted by atomic mass is 10.1. The summed E-state index contributed by atoms with van der Waals surface area (Å²) < 4.78 is 73.5. The van der Waals surface area contributed by atoms with Crippen LogP contribution in [0.3, 0.4) is 0 Å². The summed E-state index contributed by atoms with van der Waals surface area (Å²) in [5.41, 5.74) is -0.734. The van der Waals surface area contributed by atoms with Gasteiger partial charge in [-0.05, 0) is 19.9 Å². The summed E-state index contributed by atoms with van der Waals surface area (Å²) >= 11 is 0. The number of benzene rings is 1. The third-order valence-electron chi connectivity index (χ3n) is 4.42. The van der Waals surface area contributed by atoms with Gasteiger partial charge in [0, 0.05) is 23.1 Å². The van der Waals surface area contributed by atoms with E-state index < -0.39 is 41.2 Å². The maximum atomic E-state index is 13.9. The smallest absolute Gasteiger partial charge is 0.416 e. The van der Waals surface area contributed by atoms with Crippen molar-refractivity contribution in [3.63, 3.8) is 0 Å². The second kappa shape index (κ2) is 8.94. The number of hydrogen-bond donors (Lipinski definition) is 4. The third kappa shape index (κ3) is 5.04. The van der Waals surface area contributed by atoms with Crippen LogP contribution in [0.1, 0.15) is 24.3 Å². The topological polar surface area (TPSA) is 112 Å². The Morgan fingerprint density at radius 1 is 1.22 bits per heavy atom. The number of carbonyl (C=O) groups is 1. The van der Waals surface area contributed by atoms with Crippen LogP contribution in [0, 0.1) is 18.6 Å². The Bertz CT molecular complexity index is 1120. The first kappa shape index (κ1) is 23.2. The van der Waals surface area contributed by atoms with E-state index in [1.165, 1.54) is 6.92 Å². The van der Waals surface area contributed by atoms with Gasteiger partial charge in [0.15, 0.2) is 17.4 Å². The maximum Gasteiger partial charge on any atom is 0.416 e. The third-order valence-corrected chi connectivity index (χ3v) is 4.42. The van der Waals surface area contributed by atoms with Crippen LogP contribution in [0.25, 0.3) is 11.0 Å². The predicted molar refractivity (Wildman–Crippen MR) is 104 cm³/mol. The molecule has 172 valence electrons. The van der Waals surface area contributed by atoms with E-state index in [1.807, 2.05) is 0 Å². The lowest BCUT2D eigenvalue weighted by molar-refractivity contribution is -0.158. The number of hydrogen-bond acceptors (Lipinski definition) is 6. The van der Waals surface area contributed by atoms with Gasteiger partial charge in [0.1, 0.15) is 11.6 Å². The Labute approximate surface area is 177 Å². The average molecular weight is 459 g/mol. The number of urea groups is 1. The van der Waals surface area contributed by atoms with Crippen molar-refractivity contribution < 1.29 is 36.3 Å². The molecule has 0 aliphatic carbocycles. The van der Waals surface area contributed by atoms with Gasteiger partial charge in [-0.1, -0.05) is 0 Å². The highest BCUT2D eigenvalue weighted by atomic mass is 19.4. The normalized spacial score (nSPS) is 13.6. The van der Waals surface area contributed by atoms with Crippen LogP contribution < -0.4 is 16.0 Å². The molecular weight excluding hydrogens is 441 g/mol. The zero-order chi connectivity index (χ0) is 23.6. The summed E-state index contributed by atoms with van der Waals surface area (Å²) in [5.74, 6) is -2.79. The SMILES string of the molecule is Cc1c(C(NC(=O)Nc2cnc(NC(C)CO)nc2)C(F)(F)F)oc2c(F)cc(F)cc12. The molecule has 0 spiro atoms. The molecule has 2 unspecified atom stereocenters. The fraction of sp³-hybridized carbons (Fsp3) is 0.316. The number of furan rings is 1. The fourth-order valence-corrected chi connectivity index (χ4v) is 2.86. The van der Waals surface area contributed by atoms with Crippen molar-refractivity contribution in [2.24, 2.45) is 0 Å². The molecule has 0 saturated heterocycles. The fourth-order valence-electron chi connectivity index (χ4n) is 2.86. The second-order valence-corrected chi connectivity index (χ2v) is 6.95. The average Bonchev–Trinajstić information content (AvgIpc) is 3.03. The number of nitrogens with zero attached hydrogens (tertiary/aromatic N) is 2. The van der Waals surface area contributed by atoms with Gasteiger partial charge < -0.3 is 25.5 Å². The first-order valence-electron chi connectivity index (χ1n) is 9.21. The molecule has 13 heteroatoms. The van der Waals surface area contributed by atoms with E-state index in [1.54, 1.807) is 12.2 Å². The quantitative estimate of drug-likeness (QED) is 0.414. The Kier molecular flexibility index (Phi) is 6.48. The molecule has 0 aliphatic rings. The van der Waals surface area contributed by atoms with Crippen molar-refractivity contribution in [1.29, 1.82) is 0 Å². The number of aliphatic hydroxyl groups excluding tert-OH is 1. The van der Waals surface area contributed by atoms with Crippen LogP contribution in [0.4, 0.5) is 38.4 Å². The highest BCUT2D eigenvalue weighted by Gasteiger charge is 2.45. The van der Waals surface area contributed by atoms with E-state index in [0.717, 1.165) is 18.5 Å². The van der Waals surface area contributed by atoms with E-state index in [-0.39, 0.29) is 35.2 Å². The minimum atomic E-state index is -5.00. The zero-order valence-corrected chi connectivity index (χ0v) is 16.7. The molecule has 4 N–H and O–H groups in total. The molecule has 3 rings (SSSR count). The van der Waals surface area contributed by atoms with Crippen LogP contribution in [0.15, 0.2) is 28.9 Å². The summed E-state index contributed by atoms with van der Waals surface area (Å²) in [6, 6.07) is -2.90. The molecule has 8 nitrogen and oxygen atoms in total. The Morgan fingerprint density at radius 2 is 1.88 bits per heavy atom. The molecule has 2 aromatic heterocycles. The van der Waals surface area contributed by atoms with Crippen LogP contribution >= 0.6 is 0 Å². The molecule has 3 aromatic rings. The number of nitrogens with one attached hydrogen (secondary N) is 3. The summed E-state index contributed by atoms with van der Waals surface area (Å²) in [7, 11) is 0. The molecule has 2 heterocycles. The second-order valence-electron chi connectivity index (χ2n) is 6.95. The molecule has 2 atom stereocenters. The van der Waals surface area contributed by atoms with Gasteiger partial charge in [-0.15, -0.1) is 0 Å². The number of rotatable bonds is 6. The standard InChI is InChI=1S/C19H18F5N5O3/c1-8(7-30)27-17-25-5-11(6-26-17)28-18(31)29-16(19(22,23)24)14-9(2)12-3-10(20)4-13(21)15(12)32-14/h3-6,8,16,30H,7H2,1-2H3,(H,25,26,27)(H2,28,29,31). The number of amides is 2. The van der Waals surface area contributed by atoms with Gasteiger partial charge in [0.2, 0.25) is 5.95 Å². The monoisotopic (exact) mass is 459 g/mol. The molecule has 0 radical (unpaired) electrons. The summed E-state index contributed by atoms with van der Waals surface area (Å²) in [5, 5.41) is 15.4. The number of aromatic nitrogens is 2. The number of anilines is 2. The van der Waals surface area contributed by atoms with E-state index in [9.17, 15) is 26.7 Å². The van der Waals surface area contributed by atoms with Crippen LogP contribution in [-0.2, 0) is 0 Å². The van der Waals surface area contributed by atoms with Gasteiger partial charge in [-0.3, -0.25) is 0 Å². The van der Waals surface area contributed by atoms with Crippen LogP contribution in [0.5, 0.6) is 0 Å². The highest BCUT2D eigenvalue weighted by Crippen LogP contribution is 2.39. The summed E-state index contributed by atoms with van der Waals surface area (Å²) in [6.45, 7) is 2.69. The molecule has 0 bridgehead atoms. The van der Waals surface area contributed by atoms with Crippen molar-refractivity contribution in [2.75, 3.05) is 17.2 Å². The highest BCUT2D eigenvalue weighted by molar-refractivity contribution is 5.89. The van der Waals surface area contributed by atoms with E-state index in [2.05, 4.69) is 20.6 Å². The first-order chi connectivity index (χ1) is 15.0.